The van der Waals surface area contributed by atoms with Crippen LogP contribution >= 0.6 is 39.7 Å². The van der Waals surface area contributed by atoms with Crippen molar-refractivity contribution in [2.45, 2.75) is 0 Å². The van der Waals surface area contributed by atoms with Gasteiger partial charge in [-0.25, -0.2) is 4.39 Å². The van der Waals surface area contributed by atoms with Crippen molar-refractivity contribution in [3.63, 3.8) is 0 Å². The summed E-state index contributed by atoms with van der Waals surface area (Å²) >= 11 is 13.2. The minimum atomic E-state index is -0.339. The zero-order chi connectivity index (χ0) is 9.14. The molecule has 0 amide bonds. The van der Waals surface area contributed by atoms with Crippen LogP contribution < -0.4 is 5.32 Å². The topological polar surface area (TPSA) is 12.0 Å². The standard InChI is InChI=1S/C7H4BrClFNS/c8-5-2-1-4(10)3-6(5)11-7(9)12/h1-3H,(H,11,12). The van der Waals surface area contributed by atoms with Gasteiger partial charge in [-0.3, -0.25) is 0 Å². The zero-order valence-electron chi connectivity index (χ0n) is 5.77. The number of halogens is 3. The maximum absolute atomic E-state index is 12.7. The van der Waals surface area contributed by atoms with Crippen LogP contribution in [0.4, 0.5) is 10.1 Å². The number of hydrogen-bond donors (Lipinski definition) is 1. The lowest BCUT2D eigenvalue weighted by Gasteiger charge is -2.04. The summed E-state index contributed by atoms with van der Waals surface area (Å²) in [5.41, 5.74) is 0.523. The second-order valence-electron chi connectivity index (χ2n) is 2.02. The lowest BCUT2D eigenvalue weighted by Crippen LogP contribution is -2.01. The van der Waals surface area contributed by atoms with Gasteiger partial charge < -0.3 is 5.32 Å². The van der Waals surface area contributed by atoms with Gasteiger partial charge in [0.05, 0.1) is 5.69 Å². The first-order chi connectivity index (χ1) is 5.59. The van der Waals surface area contributed by atoms with E-state index in [4.69, 9.17) is 11.6 Å². The Morgan fingerprint density at radius 2 is 2.25 bits per heavy atom. The SMILES string of the molecule is Fc1ccc(Br)c(NC(=S)Cl)c1. The molecule has 5 heteroatoms. The molecule has 0 radical (unpaired) electrons. The van der Waals surface area contributed by atoms with E-state index in [1.165, 1.54) is 12.1 Å². The third-order valence-electron chi connectivity index (χ3n) is 1.16. The average Bonchev–Trinajstić information content (AvgIpc) is 1.96. The third-order valence-corrected chi connectivity index (χ3v) is 2.05. The summed E-state index contributed by atoms with van der Waals surface area (Å²) in [6.45, 7) is 0. The molecule has 0 spiro atoms. The van der Waals surface area contributed by atoms with E-state index in [-0.39, 0.29) is 10.3 Å². The molecule has 0 aliphatic carbocycles. The van der Waals surface area contributed by atoms with Crippen molar-refractivity contribution in [1.29, 1.82) is 0 Å². The maximum Gasteiger partial charge on any atom is 0.171 e. The van der Waals surface area contributed by atoms with E-state index in [0.717, 1.165) is 0 Å². The van der Waals surface area contributed by atoms with Gasteiger partial charge >= 0.3 is 0 Å². The van der Waals surface area contributed by atoms with Gasteiger partial charge in [-0.05, 0) is 46.3 Å². The van der Waals surface area contributed by atoms with Crippen molar-refractivity contribution in [1.82, 2.24) is 0 Å². The molecule has 0 aliphatic heterocycles. The van der Waals surface area contributed by atoms with E-state index in [0.29, 0.717) is 10.2 Å². The first kappa shape index (κ1) is 9.89. The van der Waals surface area contributed by atoms with Crippen molar-refractivity contribution in [2.24, 2.45) is 0 Å². The van der Waals surface area contributed by atoms with Crippen LogP contribution in [0.1, 0.15) is 0 Å². The van der Waals surface area contributed by atoms with E-state index in [9.17, 15) is 4.39 Å². The van der Waals surface area contributed by atoms with Crippen molar-refractivity contribution in [3.05, 3.63) is 28.5 Å². The van der Waals surface area contributed by atoms with E-state index >= 15 is 0 Å². The maximum atomic E-state index is 12.7. The predicted octanol–water partition coefficient (Wildman–Crippen LogP) is 3.52. The van der Waals surface area contributed by atoms with Crippen LogP contribution in [0.2, 0.25) is 0 Å². The molecule has 1 nitrogen and oxygen atoms in total. The first-order valence-electron chi connectivity index (χ1n) is 3.01. The van der Waals surface area contributed by atoms with Gasteiger partial charge in [0.25, 0.3) is 0 Å². The summed E-state index contributed by atoms with van der Waals surface area (Å²) < 4.78 is 13.4. The van der Waals surface area contributed by atoms with Gasteiger partial charge in [0.15, 0.2) is 4.45 Å². The average molecular weight is 269 g/mol. The summed E-state index contributed by atoms with van der Waals surface area (Å²) in [5, 5.41) is 2.62. The summed E-state index contributed by atoms with van der Waals surface area (Å²) in [4.78, 5) is 0. The quantitative estimate of drug-likeness (QED) is 0.475. The highest BCUT2D eigenvalue weighted by Crippen LogP contribution is 2.23. The van der Waals surface area contributed by atoms with Gasteiger partial charge in [0, 0.05) is 4.47 Å². The fourth-order valence-corrected chi connectivity index (χ4v) is 1.26. The van der Waals surface area contributed by atoms with E-state index in [2.05, 4.69) is 33.5 Å². The molecule has 0 atom stereocenters. The largest absolute Gasteiger partial charge is 0.336 e. The first-order valence-corrected chi connectivity index (χ1v) is 4.59. The Labute approximate surface area is 88.0 Å². The van der Waals surface area contributed by atoms with E-state index in [1.807, 2.05) is 0 Å². The Kier molecular flexibility index (Phi) is 3.43. The number of anilines is 1. The fourth-order valence-electron chi connectivity index (χ4n) is 0.699. The van der Waals surface area contributed by atoms with Crippen LogP contribution in [0.25, 0.3) is 0 Å². The fraction of sp³-hybridized carbons (Fsp3) is 0. The van der Waals surface area contributed by atoms with Gasteiger partial charge in [-0.15, -0.1) is 0 Å². The highest BCUT2D eigenvalue weighted by molar-refractivity contribution is 9.10. The molecule has 0 fully saturated rings. The summed E-state index contributed by atoms with van der Waals surface area (Å²) in [5.74, 6) is -0.339. The second-order valence-corrected chi connectivity index (χ2v) is 3.89. The lowest BCUT2D eigenvalue weighted by atomic mass is 10.3. The Balaban J connectivity index is 2.97. The number of benzene rings is 1. The second kappa shape index (κ2) is 4.16. The molecular weight excluding hydrogens is 265 g/mol. The monoisotopic (exact) mass is 267 g/mol. The molecule has 0 aliphatic rings. The van der Waals surface area contributed by atoms with Crippen LogP contribution in [-0.2, 0) is 0 Å². The number of nitrogens with one attached hydrogen (secondary N) is 1. The minimum Gasteiger partial charge on any atom is -0.336 e. The van der Waals surface area contributed by atoms with Gasteiger partial charge in [-0.2, -0.15) is 0 Å². The molecule has 1 rings (SSSR count). The van der Waals surface area contributed by atoms with Crippen LogP contribution in [0.15, 0.2) is 22.7 Å². The highest BCUT2D eigenvalue weighted by atomic mass is 79.9. The Morgan fingerprint density at radius 1 is 1.58 bits per heavy atom. The molecule has 1 N–H and O–H groups in total. The predicted molar refractivity (Wildman–Crippen MR) is 56.2 cm³/mol. The Bertz CT molecular complexity index is 318. The molecule has 0 saturated carbocycles. The van der Waals surface area contributed by atoms with Crippen LogP contribution in [0.5, 0.6) is 0 Å². The lowest BCUT2D eigenvalue weighted by molar-refractivity contribution is 0.628. The van der Waals surface area contributed by atoms with Crippen molar-refractivity contribution < 1.29 is 4.39 Å². The van der Waals surface area contributed by atoms with Crippen LogP contribution in [-0.4, -0.2) is 4.45 Å². The summed E-state index contributed by atoms with van der Waals surface area (Å²) in [6.07, 6.45) is 0. The van der Waals surface area contributed by atoms with Crippen LogP contribution in [0, 0.1) is 5.82 Å². The number of hydrogen-bond acceptors (Lipinski definition) is 1. The molecule has 0 unspecified atom stereocenters. The molecule has 12 heavy (non-hydrogen) atoms. The molecule has 0 aromatic heterocycles. The van der Waals surface area contributed by atoms with Gasteiger partial charge in [-0.1, -0.05) is 11.6 Å². The van der Waals surface area contributed by atoms with Gasteiger partial charge in [0.1, 0.15) is 5.82 Å². The van der Waals surface area contributed by atoms with Crippen molar-refractivity contribution >= 4 is 49.9 Å². The zero-order valence-corrected chi connectivity index (χ0v) is 8.93. The summed E-state index contributed by atoms with van der Waals surface area (Å²) in [7, 11) is 0. The Morgan fingerprint density at radius 3 is 2.83 bits per heavy atom. The summed E-state index contributed by atoms with van der Waals surface area (Å²) in [6, 6.07) is 4.22. The number of thiocarbonyl (C=S) groups is 1. The van der Waals surface area contributed by atoms with E-state index < -0.39 is 0 Å². The van der Waals surface area contributed by atoms with Crippen LogP contribution in [0.3, 0.4) is 0 Å². The van der Waals surface area contributed by atoms with Gasteiger partial charge in [0.2, 0.25) is 0 Å². The third kappa shape index (κ3) is 2.69. The minimum absolute atomic E-state index is 0.0845. The molecule has 64 valence electrons. The molecule has 1 aromatic carbocycles. The molecule has 0 heterocycles. The highest BCUT2D eigenvalue weighted by Gasteiger charge is 2.01. The van der Waals surface area contributed by atoms with Crippen molar-refractivity contribution in [3.8, 4) is 0 Å². The molecular formula is C7H4BrClFNS. The van der Waals surface area contributed by atoms with E-state index in [1.54, 1.807) is 6.07 Å². The van der Waals surface area contributed by atoms with Crippen molar-refractivity contribution in [2.75, 3.05) is 5.32 Å². The molecule has 1 aromatic rings. The Hall–Kier alpha value is -0.190. The molecule has 0 bridgehead atoms. The normalized spacial score (nSPS) is 9.58. The smallest absolute Gasteiger partial charge is 0.171 e. The number of rotatable bonds is 1. The molecule has 0 saturated heterocycles.